The van der Waals surface area contributed by atoms with Crippen LogP contribution in [0.1, 0.15) is 23.6 Å². The van der Waals surface area contributed by atoms with Crippen molar-refractivity contribution in [1.82, 2.24) is 4.98 Å². The van der Waals surface area contributed by atoms with Crippen LogP contribution in [0.5, 0.6) is 5.88 Å². The second kappa shape index (κ2) is 6.09. The van der Waals surface area contributed by atoms with Gasteiger partial charge in [-0.15, -0.1) is 0 Å². The molecule has 7 heteroatoms. The molecule has 1 aliphatic heterocycles. The van der Waals surface area contributed by atoms with Crippen LogP contribution < -0.4 is 10.6 Å². The summed E-state index contributed by atoms with van der Waals surface area (Å²) in [6.07, 6.45) is 1.44. The number of hydrogen-bond donors (Lipinski definition) is 2. The van der Waals surface area contributed by atoms with Gasteiger partial charge in [0.15, 0.2) is 5.88 Å². The number of rotatable bonds is 2. The molecule has 124 valence electrons. The van der Waals surface area contributed by atoms with E-state index in [-0.39, 0.29) is 22.6 Å². The molecule has 2 aromatic rings. The molecule has 1 amide bonds. The number of amides is 1. The topological polar surface area (TPSA) is 110 Å². The summed E-state index contributed by atoms with van der Waals surface area (Å²) in [5.74, 6) is -0.750. The van der Waals surface area contributed by atoms with Gasteiger partial charge in [-0.2, -0.15) is 15.4 Å². The quantitative estimate of drug-likeness (QED) is 0.819. The van der Waals surface area contributed by atoms with Gasteiger partial charge >= 0.3 is 0 Å². The van der Waals surface area contributed by atoms with Crippen molar-refractivity contribution in [3.05, 3.63) is 62.9 Å². The molecule has 7 nitrogen and oxygen atoms in total. The molecular weight excluding hydrogens is 320 g/mol. The molecule has 2 heterocycles. The van der Waals surface area contributed by atoms with Gasteiger partial charge in [-0.3, -0.25) is 14.6 Å². The molecule has 0 spiro atoms. The van der Waals surface area contributed by atoms with E-state index in [1.54, 1.807) is 44.2 Å². The smallest absolute Gasteiger partial charge is 0.280 e. The van der Waals surface area contributed by atoms with Crippen molar-refractivity contribution in [1.29, 1.82) is 5.26 Å². The third-order valence-electron chi connectivity index (χ3n) is 3.96. The zero-order chi connectivity index (χ0) is 18.1. The number of benzene rings is 1. The van der Waals surface area contributed by atoms with E-state index in [9.17, 15) is 14.7 Å². The Kier molecular flexibility index (Phi) is 3.95. The second-order valence-electron chi connectivity index (χ2n) is 5.52. The van der Waals surface area contributed by atoms with E-state index in [1.807, 2.05) is 6.07 Å². The maximum atomic E-state index is 12.7. The minimum atomic E-state index is -0.673. The number of H-pyrrole nitrogens is 1. The number of pyridine rings is 1. The van der Waals surface area contributed by atoms with E-state index in [0.717, 1.165) is 0 Å². The van der Waals surface area contributed by atoms with Crippen molar-refractivity contribution in [2.75, 3.05) is 5.01 Å². The number of anilines is 1. The lowest BCUT2D eigenvalue weighted by molar-refractivity contribution is -0.114. The van der Waals surface area contributed by atoms with E-state index in [1.165, 1.54) is 11.1 Å². The van der Waals surface area contributed by atoms with E-state index >= 15 is 0 Å². The Morgan fingerprint density at radius 2 is 1.92 bits per heavy atom. The first-order chi connectivity index (χ1) is 11.9. The molecule has 0 fully saturated rings. The normalized spacial score (nSPS) is 15.4. The summed E-state index contributed by atoms with van der Waals surface area (Å²) in [4.78, 5) is 26.6. The number of aromatic nitrogens is 1. The molecule has 1 aromatic carbocycles. The molecule has 0 saturated carbocycles. The first kappa shape index (κ1) is 16.2. The Morgan fingerprint density at radius 1 is 1.24 bits per heavy atom. The fourth-order valence-corrected chi connectivity index (χ4v) is 2.60. The summed E-state index contributed by atoms with van der Waals surface area (Å²) in [6, 6.07) is 10.8. The summed E-state index contributed by atoms with van der Waals surface area (Å²) < 4.78 is 0. The number of para-hydroxylation sites is 1. The first-order valence-corrected chi connectivity index (χ1v) is 7.46. The number of nitrogens with zero attached hydrogens (tertiary/aromatic N) is 3. The Labute approximate surface area is 143 Å². The highest BCUT2D eigenvalue weighted by molar-refractivity contribution is 6.32. The van der Waals surface area contributed by atoms with Gasteiger partial charge in [-0.05, 0) is 37.6 Å². The lowest BCUT2D eigenvalue weighted by Gasteiger charge is -2.11. The molecule has 0 saturated heterocycles. The average molecular weight is 334 g/mol. The van der Waals surface area contributed by atoms with Crippen molar-refractivity contribution < 1.29 is 9.90 Å². The fraction of sp³-hybridized carbons (Fsp3) is 0.111. The molecule has 1 aliphatic rings. The summed E-state index contributed by atoms with van der Waals surface area (Å²) in [5, 5.41) is 24.7. The number of nitriles is 1. The summed E-state index contributed by atoms with van der Waals surface area (Å²) in [7, 11) is 0. The summed E-state index contributed by atoms with van der Waals surface area (Å²) in [5.41, 5.74) is 1.10. The molecule has 0 atom stereocenters. The highest BCUT2D eigenvalue weighted by Gasteiger charge is 2.29. The van der Waals surface area contributed by atoms with Crippen LogP contribution in [0.2, 0.25) is 0 Å². The molecule has 1 aromatic heterocycles. The molecule has 0 unspecified atom stereocenters. The number of aromatic hydroxyl groups is 1. The van der Waals surface area contributed by atoms with Gasteiger partial charge in [-0.25, -0.2) is 0 Å². The van der Waals surface area contributed by atoms with E-state index in [2.05, 4.69) is 10.1 Å². The van der Waals surface area contributed by atoms with Crippen LogP contribution in [0.3, 0.4) is 0 Å². The standard InChI is InChI=1S/C18H14N4O3/c1-10-13(16(23)20-17(24)15(10)9-19)8-14-11(2)21-22(18(14)25)12-6-4-3-5-7-12/h3-8H,1-2H3,(H2,20,23,24)/b14-8+. The lowest BCUT2D eigenvalue weighted by atomic mass is 10.0. The van der Waals surface area contributed by atoms with Crippen LogP contribution in [-0.2, 0) is 4.79 Å². The Morgan fingerprint density at radius 3 is 2.56 bits per heavy atom. The SMILES string of the molecule is CC1=NN(c2ccccc2)C(=O)/C1=C/c1c(O)[nH]c(=O)c(C#N)c1C. The Bertz CT molecular complexity index is 1030. The van der Waals surface area contributed by atoms with Gasteiger partial charge in [0, 0.05) is 5.56 Å². The Balaban J connectivity index is 2.10. The highest BCUT2D eigenvalue weighted by Crippen LogP contribution is 2.27. The monoisotopic (exact) mass is 334 g/mol. The highest BCUT2D eigenvalue weighted by atomic mass is 16.3. The molecular formula is C18H14N4O3. The molecule has 2 N–H and O–H groups in total. The predicted molar refractivity (Wildman–Crippen MR) is 93.2 cm³/mol. The molecule has 0 radical (unpaired) electrons. The fourth-order valence-electron chi connectivity index (χ4n) is 2.60. The zero-order valence-electron chi connectivity index (χ0n) is 13.6. The van der Waals surface area contributed by atoms with Gasteiger partial charge in [-0.1, -0.05) is 18.2 Å². The van der Waals surface area contributed by atoms with Gasteiger partial charge in [0.2, 0.25) is 0 Å². The van der Waals surface area contributed by atoms with E-state index in [4.69, 9.17) is 5.26 Å². The number of nitrogens with one attached hydrogen (secondary N) is 1. The maximum Gasteiger partial charge on any atom is 0.280 e. The minimum absolute atomic E-state index is 0.107. The van der Waals surface area contributed by atoms with E-state index < -0.39 is 11.4 Å². The summed E-state index contributed by atoms with van der Waals surface area (Å²) in [6.45, 7) is 3.22. The Hall–Kier alpha value is -3.66. The minimum Gasteiger partial charge on any atom is -0.494 e. The number of hydrazone groups is 1. The number of aromatic amines is 1. The molecule has 0 aliphatic carbocycles. The molecule has 25 heavy (non-hydrogen) atoms. The van der Waals surface area contributed by atoms with Crippen LogP contribution in [-0.4, -0.2) is 21.7 Å². The van der Waals surface area contributed by atoms with Crippen molar-refractivity contribution >= 4 is 23.4 Å². The van der Waals surface area contributed by atoms with Gasteiger partial charge < -0.3 is 5.11 Å². The van der Waals surface area contributed by atoms with Crippen LogP contribution >= 0.6 is 0 Å². The number of hydrogen-bond acceptors (Lipinski definition) is 5. The largest absolute Gasteiger partial charge is 0.494 e. The van der Waals surface area contributed by atoms with Crippen LogP contribution in [0.4, 0.5) is 5.69 Å². The van der Waals surface area contributed by atoms with Crippen LogP contribution in [0, 0.1) is 18.3 Å². The predicted octanol–water partition coefficient (Wildman–Crippen LogP) is 2.07. The maximum absolute atomic E-state index is 12.7. The van der Waals surface area contributed by atoms with E-state index in [0.29, 0.717) is 17.0 Å². The number of carbonyl (C=O) groups excluding carboxylic acids is 1. The van der Waals surface area contributed by atoms with Crippen molar-refractivity contribution in [3.8, 4) is 11.9 Å². The van der Waals surface area contributed by atoms with Crippen LogP contribution in [0.15, 0.2) is 45.8 Å². The van der Waals surface area contributed by atoms with Crippen molar-refractivity contribution in [2.45, 2.75) is 13.8 Å². The molecule has 0 bridgehead atoms. The second-order valence-corrected chi connectivity index (χ2v) is 5.52. The van der Waals surface area contributed by atoms with Crippen molar-refractivity contribution in [2.24, 2.45) is 5.10 Å². The molecule has 3 rings (SSSR count). The van der Waals surface area contributed by atoms with Gasteiger partial charge in [0.25, 0.3) is 11.5 Å². The first-order valence-electron chi connectivity index (χ1n) is 7.46. The van der Waals surface area contributed by atoms with Gasteiger partial charge in [0.05, 0.1) is 17.0 Å². The third-order valence-corrected chi connectivity index (χ3v) is 3.96. The van der Waals surface area contributed by atoms with Crippen LogP contribution in [0.25, 0.3) is 6.08 Å². The van der Waals surface area contributed by atoms with Crippen molar-refractivity contribution in [3.63, 3.8) is 0 Å². The average Bonchev–Trinajstić information content (AvgIpc) is 2.87. The van der Waals surface area contributed by atoms with Gasteiger partial charge in [0.1, 0.15) is 11.6 Å². The zero-order valence-corrected chi connectivity index (χ0v) is 13.6. The lowest BCUT2D eigenvalue weighted by Crippen LogP contribution is -2.21. The number of carbonyl (C=O) groups is 1. The third kappa shape index (κ3) is 2.70. The summed E-state index contributed by atoms with van der Waals surface area (Å²) >= 11 is 0.